The lowest BCUT2D eigenvalue weighted by Gasteiger charge is -2.26. The molecular weight excluding hydrogens is 592 g/mol. The lowest BCUT2D eigenvalue weighted by Crippen LogP contribution is -2.45. The first kappa shape index (κ1) is 36.5. The molecule has 2 aromatic rings. The molecule has 0 fully saturated rings. The number of unbranched alkanes of at least 4 members (excludes halogenated alkanes) is 1. The molecule has 0 saturated carbocycles. The van der Waals surface area contributed by atoms with Crippen LogP contribution in [0.3, 0.4) is 0 Å². The predicted molar refractivity (Wildman–Crippen MR) is 157 cm³/mol. The summed E-state index contributed by atoms with van der Waals surface area (Å²) in [7, 11) is 3.63. The molecule has 0 aliphatic carbocycles. The molecule has 0 N–H and O–H groups in total. The van der Waals surface area contributed by atoms with Crippen LogP contribution >= 0.6 is 0 Å². The van der Waals surface area contributed by atoms with E-state index >= 15 is 0 Å². The van der Waals surface area contributed by atoms with Crippen molar-refractivity contribution >= 4 is 30.1 Å². The molecule has 14 nitrogen and oxygen atoms in total. The van der Waals surface area contributed by atoms with Gasteiger partial charge >= 0.3 is 30.1 Å². The van der Waals surface area contributed by atoms with Crippen molar-refractivity contribution in [1.82, 2.24) is 10.1 Å². The Morgan fingerprint density at radius 1 is 0.644 bits per heavy atom. The molecule has 45 heavy (non-hydrogen) atoms. The maximum absolute atomic E-state index is 12.6. The highest BCUT2D eigenvalue weighted by Gasteiger charge is 2.32. The van der Waals surface area contributed by atoms with Gasteiger partial charge in [-0.25, -0.2) is 14.4 Å². The van der Waals surface area contributed by atoms with Crippen LogP contribution in [0.25, 0.3) is 0 Å². The van der Waals surface area contributed by atoms with Crippen molar-refractivity contribution in [3.63, 3.8) is 0 Å². The number of amides is 2. The molecule has 0 heterocycles. The summed E-state index contributed by atoms with van der Waals surface area (Å²) in [6.07, 6.45) is -1.36. The Labute approximate surface area is 261 Å². The minimum Gasteiger partial charge on any atom is -0.467 e. The standard InChI is InChI=1S/C31H40N2O12/c1-39-29(36)26(33(41-3)31(38)43-21-18-28(35)45-23-25-14-8-5-9-15-25)16-10-11-19-32(40-2)30(37)42-20-17-27(34)44-22-24-12-6-4-7-13-24/h4-9,12-15,26H,10-11,16-23H2,1-3H3. The lowest BCUT2D eigenvalue weighted by atomic mass is 10.1. The first-order valence-electron chi connectivity index (χ1n) is 14.2. The van der Waals surface area contributed by atoms with Crippen LogP contribution in [0.15, 0.2) is 60.7 Å². The van der Waals surface area contributed by atoms with Gasteiger partial charge < -0.3 is 23.7 Å². The van der Waals surface area contributed by atoms with E-state index in [-0.39, 0.29) is 52.2 Å². The van der Waals surface area contributed by atoms with Crippen LogP contribution in [0.1, 0.15) is 43.2 Å². The van der Waals surface area contributed by atoms with Crippen molar-refractivity contribution in [3.8, 4) is 0 Å². The molecule has 0 aliphatic heterocycles. The Morgan fingerprint density at radius 3 is 1.62 bits per heavy atom. The number of methoxy groups -OCH3 is 1. The molecule has 1 atom stereocenters. The molecule has 0 saturated heterocycles. The quantitative estimate of drug-likeness (QED) is 0.0952. The van der Waals surface area contributed by atoms with Crippen molar-refractivity contribution in [2.45, 2.75) is 51.4 Å². The Bertz CT molecular complexity index is 1200. The second-order valence-corrected chi connectivity index (χ2v) is 9.35. The molecule has 2 rings (SSSR count). The fourth-order valence-electron chi connectivity index (χ4n) is 3.85. The summed E-state index contributed by atoms with van der Waals surface area (Å²) < 4.78 is 25.3. The largest absolute Gasteiger partial charge is 0.467 e. The third kappa shape index (κ3) is 14.1. The van der Waals surface area contributed by atoms with Crippen molar-refractivity contribution < 1.29 is 57.3 Å². The van der Waals surface area contributed by atoms with E-state index in [0.717, 1.165) is 28.4 Å². The Balaban J connectivity index is 1.72. The number of ether oxygens (including phenoxy) is 5. The summed E-state index contributed by atoms with van der Waals surface area (Å²) in [6.45, 7) is -0.205. The number of nitrogens with zero attached hydrogens (tertiary/aromatic N) is 2. The second-order valence-electron chi connectivity index (χ2n) is 9.35. The van der Waals surface area contributed by atoms with E-state index in [9.17, 15) is 24.0 Å². The smallest absolute Gasteiger partial charge is 0.434 e. The van der Waals surface area contributed by atoms with E-state index in [1.54, 1.807) is 0 Å². The Kier molecular flexibility index (Phi) is 17.1. The highest BCUT2D eigenvalue weighted by Crippen LogP contribution is 2.14. The summed E-state index contributed by atoms with van der Waals surface area (Å²) >= 11 is 0. The first-order chi connectivity index (χ1) is 21.8. The van der Waals surface area contributed by atoms with Gasteiger partial charge in [-0.15, -0.1) is 0 Å². The maximum Gasteiger partial charge on any atom is 0.434 e. The van der Waals surface area contributed by atoms with Crippen molar-refractivity contribution in [2.75, 3.05) is 41.1 Å². The van der Waals surface area contributed by atoms with Crippen molar-refractivity contribution in [3.05, 3.63) is 71.8 Å². The van der Waals surface area contributed by atoms with Crippen molar-refractivity contribution in [1.29, 1.82) is 0 Å². The van der Waals surface area contributed by atoms with E-state index in [4.69, 9.17) is 33.4 Å². The zero-order valence-electron chi connectivity index (χ0n) is 25.7. The number of hydroxylamine groups is 4. The van der Waals surface area contributed by atoms with Gasteiger partial charge in [0.05, 0.1) is 40.7 Å². The van der Waals surface area contributed by atoms with Crippen LogP contribution in [-0.4, -0.2) is 87.4 Å². The van der Waals surface area contributed by atoms with E-state index in [0.29, 0.717) is 12.8 Å². The topological polar surface area (TPSA) is 156 Å². The molecule has 0 aromatic heterocycles. The van der Waals surface area contributed by atoms with E-state index < -0.39 is 36.1 Å². The highest BCUT2D eigenvalue weighted by molar-refractivity contribution is 5.80. The molecule has 0 radical (unpaired) electrons. The van der Waals surface area contributed by atoms with E-state index in [1.807, 2.05) is 60.7 Å². The number of carbonyl (C=O) groups is 5. The van der Waals surface area contributed by atoms with Crippen LogP contribution in [0.5, 0.6) is 0 Å². The molecule has 2 aromatic carbocycles. The van der Waals surface area contributed by atoms with Crippen molar-refractivity contribution in [2.24, 2.45) is 0 Å². The van der Waals surface area contributed by atoms with Gasteiger partial charge in [0.2, 0.25) is 0 Å². The number of rotatable bonds is 19. The zero-order valence-corrected chi connectivity index (χ0v) is 25.7. The molecule has 14 heteroatoms. The number of carbonyl (C=O) groups excluding carboxylic acids is 5. The van der Waals surface area contributed by atoms with Crippen LogP contribution in [-0.2, 0) is 61.0 Å². The van der Waals surface area contributed by atoms with E-state index in [2.05, 4.69) is 0 Å². The Morgan fingerprint density at radius 2 is 1.16 bits per heavy atom. The van der Waals surface area contributed by atoms with Crippen LogP contribution in [0, 0.1) is 0 Å². The number of hydrogen-bond acceptors (Lipinski definition) is 12. The number of benzene rings is 2. The summed E-state index contributed by atoms with van der Waals surface area (Å²) in [6, 6.07) is 17.1. The predicted octanol–water partition coefficient (Wildman–Crippen LogP) is 3.97. The molecule has 0 aliphatic rings. The summed E-state index contributed by atoms with van der Waals surface area (Å²) in [5.74, 6) is -1.84. The highest BCUT2D eigenvalue weighted by atomic mass is 16.7. The Hall–Kier alpha value is -4.69. The van der Waals surface area contributed by atoms with Crippen LogP contribution in [0.2, 0.25) is 0 Å². The molecule has 246 valence electrons. The van der Waals surface area contributed by atoms with Gasteiger partial charge in [-0.05, 0) is 30.4 Å². The fourth-order valence-corrected chi connectivity index (χ4v) is 3.85. The minimum atomic E-state index is -1.16. The van der Waals surface area contributed by atoms with Gasteiger partial charge in [0.15, 0.2) is 6.04 Å². The second kappa shape index (κ2) is 21.1. The number of esters is 3. The van der Waals surface area contributed by atoms with Gasteiger partial charge in [-0.2, -0.15) is 10.1 Å². The van der Waals surface area contributed by atoms with Gasteiger partial charge in [0.25, 0.3) is 0 Å². The third-order valence-corrected chi connectivity index (χ3v) is 6.19. The molecule has 1 unspecified atom stereocenters. The van der Waals surface area contributed by atoms with Crippen LogP contribution < -0.4 is 0 Å². The fraction of sp³-hybridized carbons (Fsp3) is 0.452. The zero-order chi connectivity index (χ0) is 32.9. The normalized spacial score (nSPS) is 11.1. The van der Waals surface area contributed by atoms with Gasteiger partial charge in [0, 0.05) is 0 Å². The maximum atomic E-state index is 12.6. The average molecular weight is 633 g/mol. The number of hydrogen-bond donors (Lipinski definition) is 0. The van der Waals surface area contributed by atoms with E-state index in [1.165, 1.54) is 14.2 Å². The summed E-state index contributed by atoms with van der Waals surface area (Å²) in [5, 5.41) is 1.68. The summed E-state index contributed by atoms with van der Waals surface area (Å²) in [5.41, 5.74) is 1.65. The first-order valence-corrected chi connectivity index (χ1v) is 14.2. The molecule has 0 spiro atoms. The molecular formula is C31H40N2O12. The van der Waals surface area contributed by atoms with Gasteiger partial charge in [0.1, 0.15) is 26.4 Å². The van der Waals surface area contributed by atoms with Gasteiger partial charge in [-0.1, -0.05) is 60.7 Å². The average Bonchev–Trinajstić information content (AvgIpc) is 3.06. The summed E-state index contributed by atoms with van der Waals surface area (Å²) in [4.78, 5) is 71.5. The molecule has 0 bridgehead atoms. The minimum absolute atomic E-state index is 0.0875. The third-order valence-electron chi connectivity index (χ3n) is 6.19. The van der Waals surface area contributed by atoms with Crippen LogP contribution in [0.4, 0.5) is 9.59 Å². The molecule has 2 amide bonds. The monoisotopic (exact) mass is 632 g/mol. The van der Waals surface area contributed by atoms with Gasteiger partial charge in [-0.3, -0.25) is 19.3 Å². The lowest BCUT2D eigenvalue weighted by molar-refractivity contribution is -0.175. The SMILES string of the molecule is COC(=O)C(CCCCN(OC)C(=O)OCCC(=O)OCc1ccccc1)N(OC)C(=O)OCCC(=O)OCc1ccccc1.